The summed E-state index contributed by atoms with van der Waals surface area (Å²) >= 11 is 0. The van der Waals surface area contributed by atoms with Crippen molar-refractivity contribution in [3.8, 4) is 0 Å². The Morgan fingerprint density at radius 2 is 2.24 bits per heavy atom. The zero-order chi connectivity index (χ0) is 12.3. The van der Waals surface area contributed by atoms with Crippen molar-refractivity contribution in [2.45, 2.75) is 45.1 Å². The lowest BCUT2D eigenvalue weighted by Gasteiger charge is -2.30. The lowest BCUT2D eigenvalue weighted by molar-refractivity contribution is 0.327. The van der Waals surface area contributed by atoms with Crippen molar-refractivity contribution in [1.82, 2.24) is 0 Å². The van der Waals surface area contributed by atoms with Gasteiger partial charge in [0, 0.05) is 6.04 Å². The number of anilines is 2. The highest BCUT2D eigenvalue weighted by Crippen LogP contribution is 2.31. The molecule has 2 rings (SSSR count). The molecule has 0 radical (unpaired) electrons. The van der Waals surface area contributed by atoms with Crippen LogP contribution in [0, 0.1) is 11.7 Å². The van der Waals surface area contributed by atoms with E-state index in [0.717, 1.165) is 18.8 Å². The highest BCUT2D eigenvalue weighted by atomic mass is 19.1. The maximum atomic E-state index is 13.6. The van der Waals surface area contributed by atoms with Gasteiger partial charge in [-0.15, -0.1) is 0 Å². The molecule has 0 saturated heterocycles. The van der Waals surface area contributed by atoms with Gasteiger partial charge in [-0.2, -0.15) is 0 Å². The van der Waals surface area contributed by atoms with Crippen molar-refractivity contribution in [2.24, 2.45) is 5.92 Å². The topological polar surface area (TPSA) is 38.0 Å². The molecule has 1 aliphatic rings. The molecule has 0 heterocycles. The minimum Gasteiger partial charge on any atom is -0.397 e. The second kappa shape index (κ2) is 5.39. The molecule has 94 valence electrons. The molecule has 0 aromatic heterocycles. The Labute approximate surface area is 102 Å². The van der Waals surface area contributed by atoms with Crippen LogP contribution in [0.4, 0.5) is 15.8 Å². The predicted molar refractivity (Wildman–Crippen MR) is 70.5 cm³/mol. The maximum Gasteiger partial charge on any atom is 0.148 e. The van der Waals surface area contributed by atoms with E-state index in [1.54, 1.807) is 12.1 Å². The number of para-hydroxylation sites is 1. The molecule has 17 heavy (non-hydrogen) atoms. The van der Waals surface area contributed by atoms with Crippen LogP contribution >= 0.6 is 0 Å². The maximum absolute atomic E-state index is 13.6. The van der Waals surface area contributed by atoms with E-state index in [0.29, 0.717) is 17.4 Å². The third-order valence-electron chi connectivity index (χ3n) is 3.75. The van der Waals surface area contributed by atoms with Crippen molar-refractivity contribution >= 4 is 11.4 Å². The van der Waals surface area contributed by atoms with E-state index in [4.69, 9.17) is 5.73 Å². The lowest BCUT2D eigenvalue weighted by Crippen LogP contribution is -2.27. The monoisotopic (exact) mass is 236 g/mol. The van der Waals surface area contributed by atoms with Crippen molar-refractivity contribution in [3.05, 3.63) is 24.0 Å². The van der Waals surface area contributed by atoms with Gasteiger partial charge in [-0.1, -0.05) is 32.3 Å². The molecular formula is C14H21FN2. The van der Waals surface area contributed by atoms with E-state index >= 15 is 0 Å². The van der Waals surface area contributed by atoms with E-state index in [9.17, 15) is 4.39 Å². The number of halogens is 1. The Balaban J connectivity index is 2.05. The predicted octanol–water partition coefficient (Wildman–Crippen LogP) is 3.79. The van der Waals surface area contributed by atoms with Crippen LogP contribution in [-0.2, 0) is 0 Å². The first-order valence-electron chi connectivity index (χ1n) is 6.51. The number of hydrogen-bond donors (Lipinski definition) is 2. The van der Waals surface area contributed by atoms with Crippen LogP contribution in [0.1, 0.15) is 39.0 Å². The fourth-order valence-electron chi connectivity index (χ4n) is 2.69. The van der Waals surface area contributed by atoms with Gasteiger partial charge in [0.15, 0.2) is 0 Å². The molecule has 3 heteroatoms. The third kappa shape index (κ3) is 2.90. The van der Waals surface area contributed by atoms with Crippen LogP contribution < -0.4 is 11.1 Å². The Morgan fingerprint density at radius 1 is 1.41 bits per heavy atom. The van der Waals surface area contributed by atoms with Crippen molar-refractivity contribution in [2.75, 3.05) is 11.1 Å². The van der Waals surface area contributed by atoms with Crippen LogP contribution in [0.5, 0.6) is 0 Å². The highest BCUT2D eigenvalue weighted by molar-refractivity contribution is 5.66. The molecule has 2 nitrogen and oxygen atoms in total. The standard InChI is InChI=1S/C14H21FN2/c1-2-10-5-3-6-11(9-10)17-14-12(15)7-4-8-13(14)16/h4,7-8,10-11,17H,2-3,5-6,9,16H2,1H3. The molecule has 3 N–H and O–H groups in total. The largest absolute Gasteiger partial charge is 0.397 e. The highest BCUT2D eigenvalue weighted by Gasteiger charge is 2.21. The molecule has 1 aromatic carbocycles. The van der Waals surface area contributed by atoms with Gasteiger partial charge in [0.05, 0.1) is 11.4 Å². The van der Waals surface area contributed by atoms with Crippen LogP contribution in [-0.4, -0.2) is 6.04 Å². The summed E-state index contributed by atoms with van der Waals surface area (Å²) in [6, 6.07) is 5.21. The van der Waals surface area contributed by atoms with E-state index in [2.05, 4.69) is 12.2 Å². The van der Waals surface area contributed by atoms with Gasteiger partial charge >= 0.3 is 0 Å². The molecule has 1 fully saturated rings. The second-order valence-corrected chi connectivity index (χ2v) is 4.99. The number of rotatable bonds is 3. The first-order chi connectivity index (χ1) is 8.20. The molecule has 1 saturated carbocycles. The minimum atomic E-state index is -0.247. The summed E-state index contributed by atoms with van der Waals surface area (Å²) in [5.74, 6) is 0.526. The first-order valence-corrected chi connectivity index (χ1v) is 6.51. The molecule has 0 spiro atoms. The summed E-state index contributed by atoms with van der Waals surface area (Å²) in [4.78, 5) is 0. The SMILES string of the molecule is CCC1CCCC(Nc2c(N)cccc2F)C1. The van der Waals surface area contributed by atoms with E-state index in [1.807, 2.05) is 0 Å². The molecule has 0 aliphatic heterocycles. The number of nitrogens with two attached hydrogens (primary N) is 1. The summed E-state index contributed by atoms with van der Waals surface area (Å²) in [5.41, 5.74) is 6.79. The molecule has 2 atom stereocenters. The summed E-state index contributed by atoms with van der Waals surface area (Å²) in [7, 11) is 0. The normalized spacial score (nSPS) is 24.6. The lowest BCUT2D eigenvalue weighted by atomic mass is 9.84. The quantitative estimate of drug-likeness (QED) is 0.784. The minimum absolute atomic E-state index is 0.247. The van der Waals surface area contributed by atoms with Crippen LogP contribution in [0.25, 0.3) is 0 Å². The number of hydrogen-bond acceptors (Lipinski definition) is 2. The average Bonchev–Trinajstić information content (AvgIpc) is 2.34. The van der Waals surface area contributed by atoms with Crippen LogP contribution in [0.2, 0.25) is 0 Å². The van der Waals surface area contributed by atoms with Crippen LogP contribution in [0.3, 0.4) is 0 Å². The zero-order valence-electron chi connectivity index (χ0n) is 10.4. The van der Waals surface area contributed by atoms with Gasteiger partial charge in [0.2, 0.25) is 0 Å². The molecule has 1 aliphatic carbocycles. The van der Waals surface area contributed by atoms with Gasteiger partial charge in [-0.25, -0.2) is 4.39 Å². The zero-order valence-corrected chi connectivity index (χ0v) is 10.4. The van der Waals surface area contributed by atoms with Crippen molar-refractivity contribution < 1.29 is 4.39 Å². The molecular weight excluding hydrogens is 215 g/mol. The summed E-state index contributed by atoms with van der Waals surface area (Å²) < 4.78 is 13.6. The number of nitrogens with one attached hydrogen (secondary N) is 1. The van der Waals surface area contributed by atoms with Crippen molar-refractivity contribution in [3.63, 3.8) is 0 Å². The second-order valence-electron chi connectivity index (χ2n) is 4.99. The molecule has 0 bridgehead atoms. The summed E-state index contributed by atoms with van der Waals surface area (Å²) in [6.45, 7) is 2.23. The number of benzene rings is 1. The molecule has 0 amide bonds. The van der Waals surface area contributed by atoms with E-state index < -0.39 is 0 Å². The number of nitrogen functional groups attached to an aromatic ring is 1. The Bertz CT molecular complexity index is 358. The molecule has 2 unspecified atom stereocenters. The van der Waals surface area contributed by atoms with Gasteiger partial charge in [-0.3, -0.25) is 0 Å². The fraction of sp³-hybridized carbons (Fsp3) is 0.571. The van der Waals surface area contributed by atoms with Crippen molar-refractivity contribution in [1.29, 1.82) is 0 Å². The van der Waals surface area contributed by atoms with E-state index in [-0.39, 0.29) is 5.82 Å². The van der Waals surface area contributed by atoms with Gasteiger partial charge in [0.1, 0.15) is 5.82 Å². The molecule has 1 aromatic rings. The van der Waals surface area contributed by atoms with Crippen LogP contribution in [0.15, 0.2) is 18.2 Å². The first kappa shape index (κ1) is 12.2. The summed E-state index contributed by atoms with van der Waals surface area (Å²) in [5, 5.41) is 3.28. The summed E-state index contributed by atoms with van der Waals surface area (Å²) in [6.07, 6.45) is 5.99. The van der Waals surface area contributed by atoms with Gasteiger partial charge in [0.25, 0.3) is 0 Å². The Hall–Kier alpha value is -1.25. The van der Waals surface area contributed by atoms with E-state index in [1.165, 1.54) is 25.3 Å². The third-order valence-corrected chi connectivity index (χ3v) is 3.75. The average molecular weight is 236 g/mol. The van der Waals surface area contributed by atoms with Gasteiger partial charge < -0.3 is 11.1 Å². The Kier molecular flexibility index (Phi) is 3.87. The Morgan fingerprint density at radius 3 is 2.94 bits per heavy atom. The fourth-order valence-corrected chi connectivity index (χ4v) is 2.69. The van der Waals surface area contributed by atoms with Gasteiger partial charge in [-0.05, 0) is 30.9 Å². The smallest absolute Gasteiger partial charge is 0.148 e.